The highest BCUT2D eigenvalue weighted by molar-refractivity contribution is 7.80. The number of nitrogens with zero attached hydrogens (tertiary/aromatic N) is 2. The summed E-state index contributed by atoms with van der Waals surface area (Å²) in [7, 11) is 0. The molecule has 0 bridgehead atoms. The lowest BCUT2D eigenvalue weighted by Gasteiger charge is -2.34. The Morgan fingerprint density at radius 1 is 1.50 bits per heavy atom. The van der Waals surface area contributed by atoms with Gasteiger partial charge >= 0.3 is 0 Å². The Bertz CT molecular complexity index is 293. The predicted molar refractivity (Wildman–Crippen MR) is 75.5 cm³/mol. The van der Waals surface area contributed by atoms with E-state index in [0.29, 0.717) is 37.8 Å². The molecular formula is C12H23N3O2S. The van der Waals surface area contributed by atoms with E-state index in [9.17, 15) is 4.79 Å². The second-order valence-electron chi connectivity index (χ2n) is 4.55. The van der Waals surface area contributed by atoms with Crippen molar-refractivity contribution in [3.8, 4) is 0 Å². The van der Waals surface area contributed by atoms with Crippen LogP contribution in [0.4, 0.5) is 0 Å². The van der Waals surface area contributed by atoms with E-state index in [-0.39, 0.29) is 11.9 Å². The molecule has 0 aromatic heterocycles. The average Bonchev–Trinajstić information content (AvgIpc) is 2.37. The first-order valence-corrected chi connectivity index (χ1v) is 6.86. The fraction of sp³-hybridized carbons (Fsp3) is 0.833. The lowest BCUT2D eigenvalue weighted by atomic mass is 10.2. The molecule has 1 amide bonds. The summed E-state index contributed by atoms with van der Waals surface area (Å²) in [6, 6.07) is -0.176. The van der Waals surface area contributed by atoms with Crippen LogP contribution in [0.25, 0.3) is 0 Å². The van der Waals surface area contributed by atoms with Gasteiger partial charge in [-0.2, -0.15) is 0 Å². The summed E-state index contributed by atoms with van der Waals surface area (Å²) < 4.78 is 5.25. The van der Waals surface area contributed by atoms with Crippen molar-refractivity contribution < 1.29 is 9.53 Å². The number of hydrogen-bond acceptors (Lipinski definition) is 4. The minimum absolute atomic E-state index is 0.142. The molecule has 6 heteroatoms. The normalized spacial score (nSPS) is 17.8. The molecule has 1 fully saturated rings. The van der Waals surface area contributed by atoms with Gasteiger partial charge in [-0.15, -0.1) is 0 Å². The van der Waals surface area contributed by atoms with Gasteiger partial charge in [0.15, 0.2) is 0 Å². The molecule has 0 aromatic rings. The van der Waals surface area contributed by atoms with E-state index in [4.69, 9.17) is 22.7 Å². The van der Waals surface area contributed by atoms with E-state index in [1.165, 1.54) is 0 Å². The fourth-order valence-electron chi connectivity index (χ4n) is 2.10. The zero-order valence-electron chi connectivity index (χ0n) is 11.2. The minimum Gasteiger partial charge on any atom is -0.392 e. The Labute approximate surface area is 114 Å². The maximum absolute atomic E-state index is 12.3. The van der Waals surface area contributed by atoms with E-state index in [1.807, 2.05) is 16.7 Å². The summed E-state index contributed by atoms with van der Waals surface area (Å²) in [5.74, 6) is 0.142. The third kappa shape index (κ3) is 4.51. The molecular weight excluding hydrogens is 250 g/mol. The highest BCUT2D eigenvalue weighted by atomic mass is 32.1. The molecule has 2 N–H and O–H groups in total. The molecule has 0 spiro atoms. The number of carbonyl (C=O) groups excluding carboxylic acids is 1. The second kappa shape index (κ2) is 7.66. The summed E-state index contributed by atoms with van der Waals surface area (Å²) in [5, 5.41) is 0. The van der Waals surface area contributed by atoms with Gasteiger partial charge in [0.2, 0.25) is 5.91 Å². The number of ether oxygens (including phenoxy) is 1. The Hall–Kier alpha value is -0.720. The van der Waals surface area contributed by atoms with Gasteiger partial charge in [0, 0.05) is 19.6 Å². The lowest BCUT2D eigenvalue weighted by Crippen LogP contribution is -2.52. The van der Waals surface area contributed by atoms with Crippen LogP contribution in [-0.4, -0.2) is 66.1 Å². The van der Waals surface area contributed by atoms with Crippen LogP contribution in [0.5, 0.6) is 0 Å². The summed E-state index contributed by atoms with van der Waals surface area (Å²) in [5.41, 5.74) is 5.58. The number of amides is 1. The van der Waals surface area contributed by atoms with Crippen molar-refractivity contribution in [3.63, 3.8) is 0 Å². The molecule has 1 aliphatic rings. The Morgan fingerprint density at radius 2 is 2.11 bits per heavy atom. The first-order valence-electron chi connectivity index (χ1n) is 6.45. The molecule has 1 rings (SSSR count). The quantitative estimate of drug-likeness (QED) is 0.702. The van der Waals surface area contributed by atoms with Crippen LogP contribution in [0.15, 0.2) is 0 Å². The monoisotopic (exact) mass is 273 g/mol. The highest BCUT2D eigenvalue weighted by Crippen LogP contribution is 2.07. The summed E-state index contributed by atoms with van der Waals surface area (Å²) >= 11 is 4.94. The van der Waals surface area contributed by atoms with Crippen LogP contribution in [0.1, 0.15) is 20.3 Å². The number of hydrogen-bond donors (Lipinski definition) is 1. The van der Waals surface area contributed by atoms with Crippen molar-refractivity contribution in [1.29, 1.82) is 0 Å². The van der Waals surface area contributed by atoms with Gasteiger partial charge in [0.25, 0.3) is 0 Å². The SMILES string of the molecule is CCCN(CC(N)=S)C(C)C(=O)N1CCOCC1. The number of thiocarbonyl (C=S) groups is 1. The summed E-state index contributed by atoms with van der Waals surface area (Å²) in [6.45, 7) is 7.94. The molecule has 0 radical (unpaired) electrons. The van der Waals surface area contributed by atoms with Crippen molar-refractivity contribution in [2.24, 2.45) is 5.73 Å². The average molecular weight is 273 g/mol. The first-order chi connectivity index (χ1) is 8.56. The van der Waals surface area contributed by atoms with E-state index in [1.54, 1.807) is 0 Å². The zero-order valence-corrected chi connectivity index (χ0v) is 12.0. The van der Waals surface area contributed by atoms with Gasteiger partial charge in [-0.05, 0) is 19.9 Å². The van der Waals surface area contributed by atoms with Crippen molar-refractivity contribution in [2.45, 2.75) is 26.3 Å². The molecule has 1 aliphatic heterocycles. The van der Waals surface area contributed by atoms with Gasteiger partial charge in [-0.3, -0.25) is 9.69 Å². The van der Waals surface area contributed by atoms with Crippen LogP contribution in [0, 0.1) is 0 Å². The van der Waals surface area contributed by atoms with Gasteiger partial charge in [-0.1, -0.05) is 19.1 Å². The van der Waals surface area contributed by atoms with Crippen LogP contribution < -0.4 is 5.73 Å². The van der Waals surface area contributed by atoms with Gasteiger partial charge in [0.05, 0.1) is 24.2 Å². The molecule has 5 nitrogen and oxygen atoms in total. The standard InChI is InChI=1S/C12H23N3O2S/c1-3-4-15(9-11(13)18)10(2)12(16)14-5-7-17-8-6-14/h10H,3-9H2,1-2H3,(H2,13,18). The first kappa shape index (κ1) is 15.3. The fourth-order valence-corrected chi connectivity index (χ4v) is 2.27. The van der Waals surface area contributed by atoms with Crippen molar-refractivity contribution in [1.82, 2.24) is 9.80 Å². The molecule has 104 valence electrons. The molecule has 1 unspecified atom stereocenters. The largest absolute Gasteiger partial charge is 0.392 e. The van der Waals surface area contributed by atoms with Gasteiger partial charge in [0.1, 0.15) is 0 Å². The highest BCUT2D eigenvalue weighted by Gasteiger charge is 2.26. The van der Waals surface area contributed by atoms with E-state index < -0.39 is 0 Å². The molecule has 0 saturated carbocycles. The summed E-state index contributed by atoms with van der Waals surface area (Å²) in [4.78, 5) is 16.7. The van der Waals surface area contributed by atoms with Gasteiger partial charge < -0.3 is 15.4 Å². The lowest BCUT2D eigenvalue weighted by molar-refractivity contribution is -0.140. The molecule has 1 atom stereocenters. The molecule has 18 heavy (non-hydrogen) atoms. The van der Waals surface area contributed by atoms with E-state index in [2.05, 4.69) is 6.92 Å². The van der Waals surface area contributed by atoms with Crippen molar-refractivity contribution in [3.05, 3.63) is 0 Å². The van der Waals surface area contributed by atoms with Crippen LogP contribution in [0.2, 0.25) is 0 Å². The predicted octanol–water partition coefficient (Wildman–Crippen LogP) is 0.232. The van der Waals surface area contributed by atoms with Crippen molar-refractivity contribution >= 4 is 23.1 Å². The Morgan fingerprint density at radius 3 is 2.61 bits per heavy atom. The molecule has 0 aromatic carbocycles. The van der Waals surface area contributed by atoms with Crippen LogP contribution in [-0.2, 0) is 9.53 Å². The maximum atomic E-state index is 12.3. The summed E-state index contributed by atoms with van der Waals surface area (Å²) in [6.07, 6.45) is 0.976. The third-order valence-corrected chi connectivity index (χ3v) is 3.23. The number of nitrogens with two attached hydrogens (primary N) is 1. The third-order valence-electron chi connectivity index (χ3n) is 3.10. The van der Waals surface area contributed by atoms with Crippen LogP contribution in [0.3, 0.4) is 0 Å². The topological polar surface area (TPSA) is 58.8 Å². The van der Waals surface area contributed by atoms with Crippen LogP contribution >= 0.6 is 12.2 Å². The number of morpholine rings is 1. The molecule has 0 aliphatic carbocycles. The van der Waals surface area contributed by atoms with Gasteiger partial charge in [-0.25, -0.2) is 0 Å². The number of rotatable bonds is 6. The minimum atomic E-state index is -0.176. The second-order valence-corrected chi connectivity index (χ2v) is 5.07. The zero-order chi connectivity index (χ0) is 13.5. The Kier molecular flexibility index (Phi) is 6.52. The number of carbonyl (C=O) groups is 1. The molecule has 1 heterocycles. The smallest absolute Gasteiger partial charge is 0.239 e. The van der Waals surface area contributed by atoms with E-state index >= 15 is 0 Å². The van der Waals surface area contributed by atoms with Crippen molar-refractivity contribution in [2.75, 3.05) is 39.4 Å². The Balaban J connectivity index is 2.59. The maximum Gasteiger partial charge on any atom is 0.239 e. The van der Waals surface area contributed by atoms with E-state index in [0.717, 1.165) is 13.0 Å². The molecule has 1 saturated heterocycles.